The van der Waals surface area contributed by atoms with Crippen molar-refractivity contribution in [3.8, 4) is 0 Å². The zero-order valence-electron chi connectivity index (χ0n) is 22.0. The largest absolute Gasteiger partial charge is 0.354 e. The van der Waals surface area contributed by atoms with E-state index in [-0.39, 0.29) is 31.3 Å². The van der Waals surface area contributed by atoms with E-state index < -0.39 is 16.1 Å². The van der Waals surface area contributed by atoms with Gasteiger partial charge in [-0.1, -0.05) is 67.2 Å². The molecule has 2 rings (SSSR count). The summed E-state index contributed by atoms with van der Waals surface area (Å²) in [4.78, 5) is 28.0. The molecule has 0 saturated carbocycles. The number of hydrogen-bond donors (Lipinski definition) is 1. The van der Waals surface area contributed by atoms with Gasteiger partial charge in [0.05, 0.1) is 22.0 Å². The summed E-state index contributed by atoms with van der Waals surface area (Å²) < 4.78 is 26.2. The number of nitrogens with one attached hydrogen (secondary N) is 1. The van der Waals surface area contributed by atoms with Crippen molar-refractivity contribution in [3.05, 3.63) is 63.6 Å². The fraction of sp³-hybridized carbons (Fsp3) is 0.481. The van der Waals surface area contributed by atoms with Gasteiger partial charge in [0.15, 0.2) is 0 Å². The second kappa shape index (κ2) is 14.6. The van der Waals surface area contributed by atoms with E-state index >= 15 is 0 Å². The van der Waals surface area contributed by atoms with E-state index in [2.05, 4.69) is 5.32 Å². The van der Waals surface area contributed by atoms with Gasteiger partial charge < -0.3 is 10.2 Å². The predicted octanol–water partition coefficient (Wildman–Crippen LogP) is 5.57. The van der Waals surface area contributed by atoms with Crippen LogP contribution >= 0.6 is 23.2 Å². The summed E-state index contributed by atoms with van der Waals surface area (Å²) in [6, 6.07) is 11.7. The van der Waals surface area contributed by atoms with Gasteiger partial charge in [0.25, 0.3) is 0 Å². The van der Waals surface area contributed by atoms with Crippen LogP contribution in [-0.4, -0.2) is 50.5 Å². The van der Waals surface area contributed by atoms with Gasteiger partial charge in [0, 0.05) is 26.1 Å². The molecule has 0 radical (unpaired) electrons. The van der Waals surface area contributed by atoms with E-state index in [1.54, 1.807) is 35.2 Å². The van der Waals surface area contributed by atoms with Gasteiger partial charge in [-0.25, -0.2) is 8.42 Å². The standard InChI is InChI=1S/C27H37Cl2N3O4S/c1-5-7-16-30-27(34)25(6-2)31(19-21-12-15-23(28)24(29)18-21)26(33)9-8-17-32(37(4,35)36)22-13-10-20(3)11-14-22/h10-15,18,25H,5-9,16-17,19H2,1-4H3,(H,30,34). The molecule has 0 aliphatic rings. The van der Waals surface area contributed by atoms with Crippen LogP contribution in [-0.2, 0) is 26.2 Å². The third-order valence-electron chi connectivity index (χ3n) is 6.03. The topological polar surface area (TPSA) is 86.8 Å². The van der Waals surface area contributed by atoms with E-state index in [0.29, 0.717) is 35.1 Å². The molecule has 2 aromatic carbocycles. The number of amides is 2. The molecule has 2 amide bonds. The molecule has 0 aliphatic carbocycles. The summed E-state index contributed by atoms with van der Waals surface area (Å²) in [5.74, 6) is -0.442. The van der Waals surface area contributed by atoms with Crippen molar-refractivity contribution in [1.29, 1.82) is 0 Å². The third kappa shape index (κ3) is 9.51. The highest BCUT2D eigenvalue weighted by Crippen LogP contribution is 2.25. The van der Waals surface area contributed by atoms with Crippen LogP contribution in [0.5, 0.6) is 0 Å². The highest BCUT2D eigenvalue weighted by Gasteiger charge is 2.29. The van der Waals surface area contributed by atoms with Crippen LogP contribution < -0.4 is 9.62 Å². The number of anilines is 1. The number of unbranched alkanes of at least 4 members (excludes halogenated alkanes) is 1. The maximum atomic E-state index is 13.5. The predicted molar refractivity (Wildman–Crippen MR) is 152 cm³/mol. The van der Waals surface area contributed by atoms with Crippen molar-refractivity contribution < 1.29 is 18.0 Å². The quantitative estimate of drug-likeness (QED) is 0.301. The minimum atomic E-state index is -3.54. The molecule has 7 nitrogen and oxygen atoms in total. The first-order valence-corrected chi connectivity index (χ1v) is 15.1. The zero-order chi connectivity index (χ0) is 27.6. The van der Waals surface area contributed by atoms with Gasteiger partial charge >= 0.3 is 0 Å². The van der Waals surface area contributed by atoms with Crippen molar-refractivity contribution in [2.24, 2.45) is 0 Å². The summed E-state index contributed by atoms with van der Waals surface area (Å²) >= 11 is 12.2. The lowest BCUT2D eigenvalue weighted by Crippen LogP contribution is -2.49. The normalized spacial score (nSPS) is 12.2. The second-order valence-corrected chi connectivity index (χ2v) is 11.8. The number of rotatable bonds is 14. The van der Waals surface area contributed by atoms with Gasteiger partial charge in [0.2, 0.25) is 21.8 Å². The lowest BCUT2D eigenvalue weighted by Gasteiger charge is -2.31. The Hall–Kier alpha value is -2.29. The van der Waals surface area contributed by atoms with E-state index in [9.17, 15) is 18.0 Å². The molecule has 37 heavy (non-hydrogen) atoms. The molecule has 0 heterocycles. The fourth-order valence-corrected chi connectivity index (χ4v) is 5.26. The van der Waals surface area contributed by atoms with Crippen molar-refractivity contribution in [2.75, 3.05) is 23.7 Å². The van der Waals surface area contributed by atoms with Crippen LogP contribution in [0, 0.1) is 6.92 Å². The molecule has 10 heteroatoms. The molecular formula is C27H37Cl2N3O4S. The SMILES string of the molecule is CCCCNC(=O)C(CC)N(Cc1ccc(Cl)c(Cl)c1)C(=O)CCCN(c1ccc(C)cc1)S(C)(=O)=O. The molecule has 1 N–H and O–H groups in total. The van der Waals surface area contributed by atoms with Crippen LogP contribution in [0.2, 0.25) is 10.0 Å². The lowest BCUT2D eigenvalue weighted by molar-refractivity contribution is -0.141. The molecule has 0 spiro atoms. The maximum Gasteiger partial charge on any atom is 0.242 e. The lowest BCUT2D eigenvalue weighted by atomic mass is 10.1. The van der Waals surface area contributed by atoms with E-state index in [0.717, 1.165) is 30.2 Å². The first-order valence-electron chi connectivity index (χ1n) is 12.5. The van der Waals surface area contributed by atoms with Crippen molar-refractivity contribution in [3.63, 3.8) is 0 Å². The zero-order valence-corrected chi connectivity index (χ0v) is 24.3. The average molecular weight is 571 g/mol. The Balaban J connectivity index is 2.21. The van der Waals surface area contributed by atoms with Gasteiger partial charge in [-0.3, -0.25) is 13.9 Å². The van der Waals surface area contributed by atoms with Crippen LogP contribution in [0.15, 0.2) is 42.5 Å². The Morgan fingerprint density at radius 1 is 1.00 bits per heavy atom. The molecule has 0 bridgehead atoms. The smallest absolute Gasteiger partial charge is 0.242 e. The van der Waals surface area contributed by atoms with Crippen LogP contribution in [0.25, 0.3) is 0 Å². The first-order chi connectivity index (χ1) is 17.5. The number of carbonyl (C=O) groups is 2. The summed E-state index contributed by atoms with van der Waals surface area (Å²) in [6.45, 7) is 6.71. The fourth-order valence-electron chi connectivity index (χ4n) is 3.98. The molecule has 0 fully saturated rings. The number of sulfonamides is 1. The highest BCUT2D eigenvalue weighted by atomic mass is 35.5. The molecule has 1 atom stereocenters. The monoisotopic (exact) mass is 569 g/mol. The van der Waals surface area contributed by atoms with Crippen molar-refractivity contribution in [2.45, 2.75) is 65.5 Å². The summed E-state index contributed by atoms with van der Waals surface area (Å²) in [5, 5.41) is 3.71. The van der Waals surface area contributed by atoms with Gasteiger partial charge in [-0.2, -0.15) is 0 Å². The molecule has 0 aliphatic heterocycles. The Bertz CT molecular complexity index is 1160. The number of aryl methyl sites for hydroxylation is 1. The number of nitrogens with zero attached hydrogens (tertiary/aromatic N) is 2. The molecule has 1 unspecified atom stereocenters. The molecule has 2 aromatic rings. The van der Waals surface area contributed by atoms with Crippen LogP contribution in [0.3, 0.4) is 0 Å². The minimum absolute atomic E-state index is 0.0813. The molecule has 204 valence electrons. The van der Waals surface area contributed by atoms with Crippen LogP contribution in [0.4, 0.5) is 5.69 Å². The summed E-state index contributed by atoms with van der Waals surface area (Å²) in [7, 11) is -3.54. The summed E-state index contributed by atoms with van der Waals surface area (Å²) in [6.07, 6.45) is 3.76. The maximum absolute atomic E-state index is 13.5. The van der Waals surface area contributed by atoms with Crippen molar-refractivity contribution in [1.82, 2.24) is 10.2 Å². The van der Waals surface area contributed by atoms with Gasteiger partial charge in [0.1, 0.15) is 6.04 Å². The van der Waals surface area contributed by atoms with Crippen molar-refractivity contribution >= 4 is 50.7 Å². The number of benzene rings is 2. The van der Waals surface area contributed by atoms with Gasteiger partial charge in [-0.15, -0.1) is 0 Å². The third-order valence-corrected chi connectivity index (χ3v) is 7.96. The second-order valence-electron chi connectivity index (χ2n) is 9.11. The van der Waals surface area contributed by atoms with E-state index in [4.69, 9.17) is 23.2 Å². The highest BCUT2D eigenvalue weighted by molar-refractivity contribution is 7.92. The Kier molecular flexibility index (Phi) is 12.2. The van der Waals surface area contributed by atoms with E-state index in [1.807, 2.05) is 32.9 Å². The number of carbonyl (C=O) groups excluding carboxylic acids is 2. The van der Waals surface area contributed by atoms with Gasteiger partial charge in [-0.05, 0) is 56.0 Å². The minimum Gasteiger partial charge on any atom is -0.354 e. The Morgan fingerprint density at radius 2 is 1.68 bits per heavy atom. The average Bonchev–Trinajstić information content (AvgIpc) is 2.84. The van der Waals surface area contributed by atoms with Crippen LogP contribution in [0.1, 0.15) is 57.1 Å². The Morgan fingerprint density at radius 3 is 2.24 bits per heavy atom. The first kappa shape index (κ1) is 30.9. The molecule has 0 aromatic heterocycles. The number of halogens is 2. The van der Waals surface area contributed by atoms with E-state index in [1.165, 1.54) is 4.31 Å². The molecule has 0 saturated heterocycles. The Labute approximate surface area is 231 Å². The number of hydrogen-bond acceptors (Lipinski definition) is 4. The molecular weight excluding hydrogens is 533 g/mol. The summed E-state index contributed by atoms with van der Waals surface area (Å²) in [5.41, 5.74) is 2.32.